The number of nitrogens with zero attached hydrogens (tertiary/aromatic N) is 2. The maximum atomic E-state index is 5.78. The Labute approximate surface area is 94.4 Å². The lowest BCUT2D eigenvalue weighted by Gasteiger charge is -2.32. The lowest BCUT2D eigenvalue weighted by atomic mass is 10.00. The van der Waals surface area contributed by atoms with Gasteiger partial charge in [-0.25, -0.2) is 4.98 Å². The van der Waals surface area contributed by atoms with Crippen LogP contribution in [0.5, 0.6) is 0 Å². The van der Waals surface area contributed by atoms with Crippen LogP contribution in [0.25, 0.3) is 0 Å². The highest BCUT2D eigenvalue weighted by Gasteiger charge is 2.32. The molecule has 4 heteroatoms. The third-order valence-electron chi connectivity index (χ3n) is 3.31. The average molecular weight is 224 g/mol. The number of rotatable bonds is 1. The molecule has 1 aromatic rings. The summed E-state index contributed by atoms with van der Waals surface area (Å²) in [6.07, 6.45) is 3.20. The molecule has 0 amide bonds. The molecule has 0 saturated carbocycles. The highest BCUT2D eigenvalue weighted by atomic mass is 35.5. The molecule has 1 aromatic heterocycles. The van der Waals surface area contributed by atoms with E-state index in [9.17, 15) is 0 Å². The van der Waals surface area contributed by atoms with E-state index in [0.717, 1.165) is 19.0 Å². The van der Waals surface area contributed by atoms with Gasteiger partial charge in [-0.2, -0.15) is 0 Å². The molecule has 15 heavy (non-hydrogen) atoms. The molecule has 2 aliphatic heterocycles. The summed E-state index contributed by atoms with van der Waals surface area (Å²) < 4.78 is 0. The van der Waals surface area contributed by atoms with Crippen LogP contribution in [0.15, 0.2) is 18.3 Å². The SMILES string of the molecule is Clc1ccc(N2C[C@H]3CN[C@H](C3)C2)cn1. The Morgan fingerprint density at radius 3 is 3.07 bits per heavy atom. The summed E-state index contributed by atoms with van der Waals surface area (Å²) in [5.74, 6) is 0.805. The van der Waals surface area contributed by atoms with Gasteiger partial charge in [0.25, 0.3) is 0 Å². The van der Waals surface area contributed by atoms with Gasteiger partial charge in [-0.15, -0.1) is 0 Å². The number of nitrogens with one attached hydrogen (secondary N) is 1. The summed E-state index contributed by atoms with van der Waals surface area (Å²) in [5.41, 5.74) is 1.19. The summed E-state index contributed by atoms with van der Waals surface area (Å²) in [6, 6.07) is 4.58. The lowest BCUT2D eigenvalue weighted by molar-refractivity contribution is 0.474. The summed E-state index contributed by atoms with van der Waals surface area (Å²) in [7, 11) is 0. The van der Waals surface area contributed by atoms with E-state index in [1.807, 2.05) is 12.3 Å². The molecule has 3 rings (SSSR count). The zero-order valence-electron chi connectivity index (χ0n) is 8.49. The van der Waals surface area contributed by atoms with E-state index in [1.54, 1.807) is 0 Å². The molecule has 1 N–H and O–H groups in total. The number of pyridine rings is 1. The molecular formula is C11H14ClN3. The second-order valence-corrected chi connectivity index (χ2v) is 4.84. The van der Waals surface area contributed by atoms with Crippen LogP contribution in [0, 0.1) is 5.92 Å². The summed E-state index contributed by atoms with van der Waals surface area (Å²) in [4.78, 5) is 6.53. The van der Waals surface area contributed by atoms with Crippen molar-refractivity contribution in [2.75, 3.05) is 24.5 Å². The van der Waals surface area contributed by atoms with Gasteiger partial charge in [0, 0.05) is 25.7 Å². The molecule has 0 spiro atoms. The Morgan fingerprint density at radius 2 is 2.33 bits per heavy atom. The zero-order valence-corrected chi connectivity index (χ0v) is 9.24. The summed E-state index contributed by atoms with van der Waals surface area (Å²) in [6.45, 7) is 3.41. The van der Waals surface area contributed by atoms with Gasteiger partial charge in [0.2, 0.25) is 0 Å². The van der Waals surface area contributed by atoms with E-state index in [0.29, 0.717) is 11.2 Å². The number of hydrogen-bond donors (Lipinski definition) is 1. The van der Waals surface area contributed by atoms with Crippen molar-refractivity contribution >= 4 is 17.3 Å². The van der Waals surface area contributed by atoms with E-state index in [2.05, 4.69) is 21.3 Å². The highest BCUT2D eigenvalue weighted by Crippen LogP contribution is 2.26. The molecule has 2 fully saturated rings. The van der Waals surface area contributed by atoms with Gasteiger partial charge >= 0.3 is 0 Å². The Kier molecular flexibility index (Phi) is 2.29. The van der Waals surface area contributed by atoms with Crippen LogP contribution in [-0.4, -0.2) is 30.7 Å². The Bertz CT molecular complexity index is 339. The van der Waals surface area contributed by atoms with Gasteiger partial charge < -0.3 is 10.2 Å². The number of anilines is 1. The van der Waals surface area contributed by atoms with Crippen LogP contribution < -0.4 is 10.2 Å². The molecule has 2 saturated heterocycles. The van der Waals surface area contributed by atoms with Gasteiger partial charge in [-0.3, -0.25) is 0 Å². The van der Waals surface area contributed by atoms with E-state index in [1.165, 1.54) is 18.7 Å². The van der Waals surface area contributed by atoms with Crippen LogP contribution in [0.4, 0.5) is 5.69 Å². The predicted octanol–water partition coefficient (Wildman–Crippen LogP) is 1.53. The molecule has 3 heterocycles. The molecule has 80 valence electrons. The Hall–Kier alpha value is -0.800. The van der Waals surface area contributed by atoms with Crippen LogP contribution in [0.1, 0.15) is 6.42 Å². The van der Waals surface area contributed by atoms with E-state index < -0.39 is 0 Å². The van der Waals surface area contributed by atoms with E-state index in [4.69, 9.17) is 11.6 Å². The van der Waals surface area contributed by atoms with E-state index in [-0.39, 0.29) is 0 Å². The van der Waals surface area contributed by atoms with Crippen molar-refractivity contribution in [1.29, 1.82) is 0 Å². The largest absolute Gasteiger partial charge is 0.368 e. The number of fused-ring (bicyclic) bond motifs is 2. The minimum absolute atomic E-state index is 0.567. The number of piperidine rings is 1. The first-order valence-electron chi connectivity index (χ1n) is 5.41. The van der Waals surface area contributed by atoms with Crippen molar-refractivity contribution in [3.63, 3.8) is 0 Å². The molecule has 0 aromatic carbocycles. The Balaban J connectivity index is 1.80. The summed E-state index contributed by atoms with van der Waals surface area (Å²) in [5, 5.41) is 4.11. The lowest BCUT2D eigenvalue weighted by Crippen LogP contribution is -2.41. The normalized spacial score (nSPS) is 29.5. The number of aromatic nitrogens is 1. The van der Waals surface area contributed by atoms with Crippen LogP contribution in [0.2, 0.25) is 5.15 Å². The molecule has 2 atom stereocenters. The molecule has 3 nitrogen and oxygen atoms in total. The fourth-order valence-corrected chi connectivity index (χ4v) is 2.71. The predicted molar refractivity (Wildman–Crippen MR) is 61.4 cm³/mol. The second kappa shape index (κ2) is 3.65. The standard InChI is InChI=1S/C11H14ClN3/c12-11-2-1-10(5-14-11)15-6-8-3-9(7-15)13-4-8/h1-2,5,8-9,13H,3-4,6-7H2/t8-,9-/m1/s1. The van der Waals surface area contributed by atoms with Crippen molar-refractivity contribution in [2.24, 2.45) is 5.92 Å². The maximum absolute atomic E-state index is 5.78. The van der Waals surface area contributed by atoms with E-state index >= 15 is 0 Å². The average Bonchev–Trinajstić information content (AvgIpc) is 2.59. The summed E-state index contributed by atoms with van der Waals surface area (Å²) >= 11 is 5.78. The first kappa shape index (κ1) is 9.43. The van der Waals surface area contributed by atoms with Crippen LogP contribution in [0.3, 0.4) is 0 Å². The monoisotopic (exact) mass is 223 g/mol. The second-order valence-electron chi connectivity index (χ2n) is 4.45. The fraction of sp³-hybridized carbons (Fsp3) is 0.545. The van der Waals surface area contributed by atoms with Gasteiger partial charge in [-0.05, 0) is 24.5 Å². The van der Waals surface area contributed by atoms with Gasteiger partial charge in [0.15, 0.2) is 0 Å². The van der Waals surface area contributed by atoms with Crippen LogP contribution in [-0.2, 0) is 0 Å². The minimum atomic E-state index is 0.567. The minimum Gasteiger partial charge on any atom is -0.368 e. The van der Waals surface area contributed by atoms with Crippen molar-refractivity contribution in [2.45, 2.75) is 12.5 Å². The first-order chi connectivity index (χ1) is 7.31. The topological polar surface area (TPSA) is 28.2 Å². The first-order valence-corrected chi connectivity index (χ1v) is 5.79. The van der Waals surface area contributed by atoms with Crippen molar-refractivity contribution in [1.82, 2.24) is 10.3 Å². The third kappa shape index (κ3) is 1.82. The van der Waals surface area contributed by atoms with Crippen LogP contribution >= 0.6 is 11.6 Å². The molecule has 2 aliphatic rings. The van der Waals surface area contributed by atoms with Crippen molar-refractivity contribution in [3.8, 4) is 0 Å². The quantitative estimate of drug-likeness (QED) is 0.732. The fourth-order valence-electron chi connectivity index (χ4n) is 2.60. The smallest absolute Gasteiger partial charge is 0.129 e. The Morgan fingerprint density at radius 1 is 1.40 bits per heavy atom. The molecule has 0 unspecified atom stereocenters. The van der Waals surface area contributed by atoms with Crippen molar-refractivity contribution < 1.29 is 0 Å². The maximum Gasteiger partial charge on any atom is 0.129 e. The zero-order chi connectivity index (χ0) is 10.3. The third-order valence-corrected chi connectivity index (χ3v) is 3.53. The molecule has 2 bridgehead atoms. The molecule has 0 aliphatic carbocycles. The molecule has 0 radical (unpaired) electrons. The van der Waals surface area contributed by atoms with Gasteiger partial charge in [-0.1, -0.05) is 11.6 Å². The number of halogens is 1. The van der Waals surface area contributed by atoms with Gasteiger partial charge in [0.05, 0.1) is 11.9 Å². The highest BCUT2D eigenvalue weighted by molar-refractivity contribution is 6.29. The van der Waals surface area contributed by atoms with Gasteiger partial charge in [0.1, 0.15) is 5.15 Å². The van der Waals surface area contributed by atoms with Crippen molar-refractivity contribution in [3.05, 3.63) is 23.5 Å². The molecular weight excluding hydrogens is 210 g/mol. The number of hydrogen-bond acceptors (Lipinski definition) is 3.